The second-order valence-electron chi connectivity index (χ2n) is 6.02. The molecule has 2 heterocycles. The van der Waals surface area contributed by atoms with Crippen LogP contribution in [-0.2, 0) is 6.42 Å². The molecule has 1 saturated heterocycles. The topological polar surface area (TPSA) is 41.5 Å². The number of aliphatic hydroxyl groups is 1. The molecule has 98 valence electrons. The third kappa shape index (κ3) is 2.02. The van der Waals surface area contributed by atoms with E-state index in [0.717, 1.165) is 37.1 Å². The predicted molar refractivity (Wildman–Crippen MR) is 70.8 cm³/mol. The van der Waals surface area contributed by atoms with E-state index in [4.69, 9.17) is 4.74 Å². The van der Waals surface area contributed by atoms with E-state index >= 15 is 0 Å². The van der Waals surface area contributed by atoms with Gasteiger partial charge in [0.15, 0.2) is 0 Å². The summed E-state index contributed by atoms with van der Waals surface area (Å²) in [5, 5.41) is 13.9. The summed E-state index contributed by atoms with van der Waals surface area (Å²) in [6.07, 6.45) is 2.63. The molecule has 0 bridgehead atoms. The van der Waals surface area contributed by atoms with E-state index in [-0.39, 0.29) is 11.6 Å². The second-order valence-corrected chi connectivity index (χ2v) is 6.02. The SMILES string of the molecule is CC1(C)Cc2cccc(C(O)C3CCCN3)c2O1. The molecule has 0 aromatic heterocycles. The Kier molecular flexibility index (Phi) is 2.83. The molecular weight excluding hydrogens is 226 g/mol. The zero-order chi connectivity index (χ0) is 12.8. The lowest BCUT2D eigenvalue weighted by atomic mass is 9.96. The average Bonchev–Trinajstić information content (AvgIpc) is 2.91. The molecule has 2 unspecified atom stereocenters. The van der Waals surface area contributed by atoms with E-state index in [2.05, 4.69) is 25.2 Å². The van der Waals surface area contributed by atoms with Gasteiger partial charge in [-0.05, 0) is 38.8 Å². The van der Waals surface area contributed by atoms with Crippen molar-refractivity contribution in [1.82, 2.24) is 5.32 Å². The molecular formula is C15H21NO2. The minimum absolute atomic E-state index is 0.152. The normalized spacial score (nSPS) is 26.7. The van der Waals surface area contributed by atoms with Crippen LogP contribution in [0.5, 0.6) is 5.75 Å². The van der Waals surface area contributed by atoms with E-state index in [1.165, 1.54) is 5.56 Å². The van der Waals surface area contributed by atoms with Crippen LogP contribution in [0, 0.1) is 0 Å². The van der Waals surface area contributed by atoms with Gasteiger partial charge >= 0.3 is 0 Å². The molecule has 3 heteroatoms. The van der Waals surface area contributed by atoms with Crippen LogP contribution < -0.4 is 10.1 Å². The van der Waals surface area contributed by atoms with Gasteiger partial charge in [-0.3, -0.25) is 0 Å². The lowest BCUT2D eigenvalue weighted by Gasteiger charge is -2.23. The Morgan fingerprint density at radius 2 is 2.28 bits per heavy atom. The molecule has 0 aliphatic carbocycles. The number of fused-ring (bicyclic) bond motifs is 1. The summed E-state index contributed by atoms with van der Waals surface area (Å²) < 4.78 is 6.02. The Balaban J connectivity index is 1.92. The van der Waals surface area contributed by atoms with Gasteiger partial charge in [0.2, 0.25) is 0 Å². The number of benzene rings is 1. The summed E-state index contributed by atoms with van der Waals surface area (Å²) >= 11 is 0. The summed E-state index contributed by atoms with van der Waals surface area (Å²) in [6, 6.07) is 6.29. The standard InChI is InChI=1S/C15H21NO2/c1-15(2)9-10-5-3-6-11(14(10)18-15)13(17)12-7-4-8-16-12/h3,5-6,12-13,16-17H,4,7-9H2,1-2H3. The lowest BCUT2D eigenvalue weighted by molar-refractivity contribution is 0.113. The number of hydrogen-bond acceptors (Lipinski definition) is 3. The maximum atomic E-state index is 10.5. The number of rotatable bonds is 2. The quantitative estimate of drug-likeness (QED) is 0.841. The van der Waals surface area contributed by atoms with E-state index < -0.39 is 6.10 Å². The molecule has 0 saturated carbocycles. The van der Waals surface area contributed by atoms with Gasteiger partial charge in [0.05, 0.1) is 6.10 Å². The highest BCUT2D eigenvalue weighted by atomic mass is 16.5. The number of aliphatic hydroxyl groups excluding tert-OH is 1. The smallest absolute Gasteiger partial charge is 0.129 e. The van der Waals surface area contributed by atoms with Gasteiger partial charge in [0.25, 0.3) is 0 Å². The third-order valence-electron chi connectivity index (χ3n) is 3.92. The third-order valence-corrected chi connectivity index (χ3v) is 3.92. The van der Waals surface area contributed by atoms with Crippen molar-refractivity contribution in [2.24, 2.45) is 0 Å². The molecule has 1 aromatic rings. The average molecular weight is 247 g/mol. The van der Waals surface area contributed by atoms with Crippen molar-refractivity contribution >= 4 is 0 Å². The largest absolute Gasteiger partial charge is 0.487 e. The molecule has 0 spiro atoms. The lowest BCUT2D eigenvalue weighted by Crippen LogP contribution is -2.29. The zero-order valence-electron chi connectivity index (χ0n) is 11.1. The number of ether oxygens (including phenoxy) is 1. The van der Waals surface area contributed by atoms with Crippen LogP contribution in [0.4, 0.5) is 0 Å². The summed E-state index contributed by atoms with van der Waals surface area (Å²) in [4.78, 5) is 0. The molecule has 0 amide bonds. The summed E-state index contributed by atoms with van der Waals surface area (Å²) in [6.45, 7) is 5.19. The van der Waals surface area contributed by atoms with Crippen LogP contribution in [0.2, 0.25) is 0 Å². The fourth-order valence-electron chi connectivity index (χ4n) is 3.07. The van der Waals surface area contributed by atoms with Crippen molar-refractivity contribution in [3.63, 3.8) is 0 Å². The molecule has 2 atom stereocenters. The van der Waals surface area contributed by atoms with Crippen LogP contribution in [0.15, 0.2) is 18.2 Å². The van der Waals surface area contributed by atoms with Gasteiger partial charge in [-0.15, -0.1) is 0 Å². The number of para-hydroxylation sites is 1. The van der Waals surface area contributed by atoms with Crippen molar-refractivity contribution < 1.29 is 9.84 Å². The van der Waals surface area contributed by atoms with E-state index in [9.17, 15) is 5.11 Å². The van der Waals surface area contributed by atoms with Gasteiger partial charge < -0.3 is 15.2 Å². The Labute approximate surface area is 108 Å². The fraction of sp³-hybridized carbons (Fsp3) is 0.600. The zero-order valence-corrected chi connectivity index (χ0v) is 11.1. The molecule has 3 rings (SSSR count). The summed E-state index contributed by atoms with van der Waals surface area (Å²) in [5.41, 5.74) is 2.01. The first-order valence-electron chi connectivity index (χ1n) is 6.79. The Hall–Kier alpha value is -1.06. The van der Waals surface area contributed by atoms with E-state index in [0.29, 0.717) is 0 Å². The van der Waals surface area contributed by atoms with Crippen molar-refractivity contribution in [1.29, 1.82) is 0 Å². The molecule has 1 aromatic carbocycles. The Bertz CT molecular complexity index is 450. The summed E-state index contributed by atoms with van der Waals surface area (Å²) in [7, 11) is 0. The molecule has 2 aliphatic heterocycles. The molecule has 2 aliphatic rings. The Morgan fingerprint density at radius 3 is 3.00 bits per heavy atom. The van der Waals surface area contributed by atoms with Crippen molar-refractivity contribution in [3.8, 4) is 5.75 Å². The van der Waals surface area contributed by atoms with Crippen LogP contribution >= 0.6 is 0 Å². The van der Waals surface area contributed by atoms with Gasteiger partial charge in [-0.25, -0.2) is 0 Å². The minimum atomic E-state index is -0.462. The van der Waals surface area contributed by atoms with Crippen molar-refractivity contribution in [2.45, 2.75) is 50.9 Å². The predicted octanol–water partition coefficient (Wildman–Crippen LogP) is 2.19. The molecule has 3 nitrogen and oxygen atoms in total. The first-order valence-corrected chi connectivity index (χ1v) is 6.79. The van der Waals surface area contributed by atoms with Crippen LogP contribution in [0.25, 0.3) is 0 Å². The second kappa shape index (κ2) is 4.25. The van der Waals surface area contributed by atoms with Crippen LogP contribution in [0.1, 0.15) is 43.9 Å². The molecule has 18 heavy (non-hydrogen) atoms. The Morgan fingerprint density at radius 1 is 1.44 bits per heavy atom. The first kappa shape index (κ1) is 12.0. The monoisotopic (exact) mass is 247 g/mol. The van der Waals surface area contributed by atoms with E-state index in [1.807, 2.05) is 12.1 Å². The van der Waals surface area contributed by atoms with Crippen LogP contribution in [0.3, 0.4) is 0 Å². The highest BCUT2D eigenvalue weighted by Gasteiger charge is 2.35. The van der Waals surface area contributed by atoms with Gasteiger partial charge in [0, 0.05) is 18.0 Å². The maximum Gasteiger partial charge on any atom is 0.129 e. The van der Waals surface area contributed by atoms with Crippen molar-refractivity contribution in [3.05, 3.63) is 29.3 Å². The van der Waals surface area contributed by atoms with Crippen LogP contribution in [-0.4, -0.2) is 23.3 Å². The van der Waals surface area contributed by atoms with Gasteiger partial charge in [0.1, 0.15) is 11.4 Å². The highest BCUT2D eigenvalue weighted by molar-refractivity contribution is 5.47. The number of hydrogen-bond donors (Lipinski definition) is 2. The molecule has 1 fully saturated rings. The summed E-state index contributed by atoms with van der Waals surface area (Å²) in [5.74, 6) is 0.906. The van der Waals surface area contributed by atoms with Gasteiger partial charge in [-0.2, -0.15) is 0 Å². The first-order chi connectivity index (χ1) is 8.57. The number of nitrogens with one attached hydrogen (secondary N) is 1. The minimum Gasteiger partial charge on any atom is -0.487 e. The molecule has 2 N–H and O–H groups in total. The van der Waals surface area contributed by atoms with Gasteiger partial charge in [-0.1, -0.05) is 18.2 Å². The molecule has 0 radical (unpaired) electrons. The highest BCUT2D eigenvalue weighted by Crippen LogP contribution is 2.41. The van der Waals surface area contributed by atoms with Crippen molar-refractivity contribution in [2.75, 3.05) is 6.54 Å². The fourth-order valence-corrected chi connectivity index (χ4v) is 3.07. The van der Waals surface area contributed by atoms with E-state index in [1.54, 1.807) is 0 Å². The maximum absolute atomic E-state index is 10.5.